The molecule has 5 heteroatoms. The van der Waals surface area contributed by atoms with Gasteiger partial charge in [-0.15, -0.1) is 11.6 Å². The van der Waals surface area contributed by atoms with Gasteiger partial charge in [0.25, 0.3) is 0 Å². The number of nitrogens with one attached hydrogen (secondary N) is 1. The first-order chi connectivity index (χ1) is 9.57. The van der Waals surface area contributed by atoms with Gasteiger partial charge in [-0.25, -0.2) is 4.98 Å². The molecular weight excluding hydrogens is 274 g/mol. The zero-order chi connectivity index (χ0) is 14.6. The topological polar surface area (TPSA) is 47.0 Å². The molecule has 0 saturated heterocycles. The first-order valence-corrected chi connectivity index (χ1v) is 7.93. The van der Waals surface area contributed by atoms with Gasteiger partial charge >= 0.3 is 0 Å². The molecule has 0 spiro atoms. The third-order valence-electron chi connectivity index (χ3n) is 3.99. The van der Waals surface area contributed by atoms with Gasteiger partial charge in [0.1, 0.15) is 11.6 Å². The second-order valence-electron chi connectivity index (χ2n) is 5.79. The Bertz CT molecular complexity index is 445. The van der Waals surface area contributed by atoms with Crippen LogP contribution in [0.15, 0.2) is 6.07 Å². The Labute approximate surface area is 126 Å². The Morgan fingerprint density at radius 3 is 2.70 bits per heavy atom. The van der Waals surface area contributed by atoms with Crippen molar-refractivity contribution in [3.05, 3.63) is 11.9 Å². The molecule has 0 bridgehead atoms. The van der Waals surface area contributed by atoms with Crippen molar-refractivity contribution in [2.24, 2.45) is 5.92 Å². The predicted octanol–water partition coefficient (Wildman–Crippen LogP) is 3.78. The Kier molecular flexibility index (Phi) is 5.08. The van der Waals surface area contributed by atoms with E-state index in [2.05, 4.69) is 22.2 Å². The van der Waals surface area contributed by atoms with Gasteiger partial charge in [-0.2, -0.15) is 4.98 Å². The summed E-state index contributed by atoms with van der Waals surface area (Å²) in [7, 11) is 0. The van der Waals surface area contributed by atoms with E-state index in [4.69, 9.17) is 16.3 Å². The van der Waals surface area contributed by atoms with E-state index in [-0.39, 0.29) is 5.54 Å². The highest BCUT2D eigenvalue weighted by Gasteiger charge is 2.33. The lowest BCUT2D eigenvalue weighted by Crippen LogP contribution is -2.43. The number of ether oxygens (including phenoxy) is 1. The Morgan fingerprint density at radius 2 is 2.10 bits per heavy atom. The van der Waals surface area contributed by atoms with Crippen LogP contribution >= 0.6 is 11.6 Å². The van der Waals surface area contributed by atoms with E-state index >= 15 is 0 Å². The van der Waals surface area contributed by atoms with Crippen LogP contribution < -0.4 is 10.1 Å². The molecule has 1 aromatic heterocycles. The van der Waals surface area contributed by atoms with Gasteiger partial charge in [0.2, 0.25) is 5.88 Å². The van der Waals surface area contributed by atoms with Crippen LogP contribution in [0, 0.1) is 12.8 Å². The van der Waals surface area contributed by atoms with Crippen molar-refractivity contribution in [3.8, 4) is 5.88 Å². The summed E-state index contributed by atoms with van der Waals surface area (Å²) < 4.78 is 5.48. The molecule has 0 atom stereocenters. The fourth-order valence-corrected chi connectivity index (χ4v) is 3.04. The zero-order valence-corrected chi connectivity index (χ0v) is 13.3. The summed E-state index contributed by atoms with van der Waals surface area (Å²) in [5.41, 5.74) is -0.0433. The first kappa shape index (κ1) is 15.4. The maximum absolute atomic E-state index is 6.24. The number of nitrogens with zero attached hydrogens (tertiary/aromatic N) is 2. The van der Waals surface area contributed by atoms with E-state index in [0.717, 1.165) is 24.6 Å². The molecule has 112 valence electrons. The summed E-state index contributed by atoms with van der Waals surface area (Å²) in [5, 5.41) is 3.54. The molecule has 1 fully saturated rings. The summed E-state index contributed by atoms with van der Waals surface area (Å²) in [4.78, 5) is 8.73. The van der Waals surface area contributed by atoms with Gasteiger partial charge in [0, 0.05) is 11.9 Å². The van der Waals surface area contributed by atoms with Crippen molar-refractivity contribution in [2.45, 2.75) is 52.0 Å². The predicted molar refractivity (Wildman–Crippen MR) is 82.6 cm³/mol. The van der Waals surface area contributed by atoms with Gasteiger partial charge in [0.05, 0.1) is 12.1 Å². The maximum atomic E-state index is 6.24. The third-order valence-corrected chi connectivity index (χ3v) is 4.50. The van der Waals surface area contributed by atoms with Crippen LogP contribution in [0.3, 0.4) is 0 Å². The minimum absolute atomic E-state index is 0.0433. The number of alkyl halides is 1. The molecule has 20 heavy (non-hydrogen) atoms. The van der Waals surface area contributed by atoms with Crippen LogP contribution in [0.5, 0.6) is 5.88 Å². The van der Waals surface area contributed by atoms with E-state index in [9.17, 15) is 0 Å². The molecule has 1 aromatic rings. The molecule has 1 aliphatic carbocycles. The SMILES string of the molecule is CCOc1cc(NC2(CCl)CCC(C)CC2)nc(C)n1. The van der Waals surface area contributed by atoms with Crippen molar-refractivity contribution < 1.29 is 4.74 Å². The van der Waals surface area contributed by atoms with Crippen molar-refractivity contribution in [1.82, 2.24) is 9.97 Å². The van der Waals surface area contributed by atoms with E-state index in [1.807, 2.05) is 19.9 Å². The lowest BCUT2D eigenvalue weighted by molar-refractivity contribution is 0.286. The number of hydrogen-bond donors (Lipinski definition) is 1. The van der Waals surface area contributed by atoms with E-state index in [1.54, 1.807) is 0 Å². The monoisotopic (exact) mass is 297 g/mol. The Balaban J connectivity index is 2.14. The van der Waals surface area contributed by atoms with Gasteiger partial charge in [-0.3, -0.25) is 0 Å². The van der Waals surface area contributed by atoms with Crippen molar-refractivity contribution in [2.75, 3.05) is 17.8 Å². The lowest BCUT2D eigenvalue weighted by atomic mass is 9.78. The maximum Gasteiger partial charge on any atom is 0.218 e. The van der Waals surface area contributed by atoms with Crippen molar-refractivity contribution in [3.63, 3.8) is 0 Å². The second kappa shape index (κ2) is 6.61. The number of rotatable bonds is 5. The molecule has 0 aromatic carbocycles. The molecule has 0 amide bonds. The molecule has 1 aliphatic rings. The summed E-state index contributed by atoms with van der Waals surface area (Å²) in [5.74, 6) is 3.55. The van der Waals surface area contributed by atoms with Crippen molar-refractivity contribution >= 4 is 17.4 Å². The first-order valence-electron chi connectivity index (χ1n) is 7.39. The van der Waals surface area contributed by atoms with E-state index in [1.165, 1.54) is 12.8 Å². The van der Waals surface area contributed by atoms with Crippen LogP contribution in [-0.4, -0.2) is 28.0 Å². The number of anilines is 1. The summed E-state index contributed by atoms with van der Waals surface area (Å²) in [6.07, 6.45) is 4.60. The minimum atomic E-state index is -0.0433. The van der Waals surface area contributed by atoms with Crippen molar-refractivity contribution in [1.29, 1.82) is 0 Å². The van der Waals surface area contributed by atoms with Crippen LogP contribution in [0.1, 0.15) is 45.4 Å². The highest BCUT2D eigenvalue weighted by Crippen LogP contribution is 2.35. The number of halogens is 1. The molecular formula is C15H24ClN3O. The van der Waals surface area contributed by atoms with Gasteiger partial charge in [-0.1, -0.05) is 6.92 Å². The Hall–Kier alpha value is -1.03. The standard InChI is InChI=1S/C15H24ClN3O/c1-4-20-14-9-13(17-12(3)18-14)19-15(10-16)7-5-11(2)6-8-15/h9,11H,4-8,10H2,1-3H3,(H,17,18,19). The molecule has 1 heterocycles. The quantitative estimate of drug-likeness (QED) is 0.840. The highest BCUT2D eigenvalue weighted by molar-refractivity contribution is 6.18. The molecule has 2 rings (SSSR count). The second-order valence-corrected chi connectivity index (χ2v) is 6.06. The van der Waals surface area contributed by atoms with E-state index in [0.29, 0.717) is 24.2 Å². The summed E-state index contributed by atoms with van der Waals surface area (Å²) in [6.45, 7) is 6.74. The molecule has 0 aliphatic heterocycles. The van der Waals surface area contributed by atoms with Crippen LogP contribution in [0.2, 0.25) is 0 Å². The van der Waals surface area contributed by atoms with Gasteiger partial charge < -0.3 is 10.1 Å². The molecule has 1 saturated carbocycles. The average molecular weight is 298 g/mol. The minimum Gasteiger partial charge on any atom is -0.478 e. The lowest BCUT2D eigenvalue weighted by Gasteiger charge is -2.39. The number of aromatic nitrogens is 2. The van der Waals surface area contributed by atoms with Crippen LogP contribution in [0.4, 0.5) is 5.82 Å². The number of hydrogen-bond acceptors (Lipinski definition) is 4. The van der Waals surface area contributed by atoms with Gasteiger partial charge in [0.15, 0.2) is 0 Å². The summed E-state index contributed by atoms with van der Waals surface area (Å²) in [6, 6.07) is 1.86. The molecule has 0 unspecified atom stereocenters. The van der Waals surface area contributed by atoms with E-state index < -0.39 is 0 Å². The van der Waals surface area contributed by atoms with Crippen LogP contribution in [-0.2, 0) is 0 Å². The third kappa shape index (κ3) is 3.75. The smallest absolute Gasteiger partial charge is 0.218 e. The van der Waals surface area contributed by atoms with Gasteiger partial charge in [-0.05, 0) is 45.4 Å². The average Bonchev–Trinajstić information content (AvgIpc) is 2.41. The molecule has 4 nitrogen and oxygen atoms in total. The van der Waals surface area contributed by atoms with Crippen LogP contribution in [0.25, 0.3) is 0 Å². The fraction of sp³-hybridized carbons (Fsp3) is 0.733. The largest absolute Gasteiger partial charge is 0.478 e. The summed E-state index contributed by atoms with van der Waals surface area (Å²) >= 11 is 6.24. The molecule has 1 N–H and O–H groups in total. The zero-order valence-electron chi connectivity index (χ0n) is 12.6. The fourth-order valence-electron chi connectivity index (χ4n) is 2.70. The highest BCUT2D eigenvalue weighted by atomic mass is 35.5. The number of aryl methyl sites for hydroxylation is 1. The normalized spacial score (nSPS) is 26.3. The molecule has 0 radical (unpaired) electrons. The Morgan fingerprint density at radius 1 is 1.40 bits per heavy atom.